The second-order valence-electron chi connectivity index (χ2n) is 6.24. The van der Waals surface area contributed by atoms with Crippen molar-refractivity contribution in [1.82, 2.24) is 10.2 Å². The molecule has 2 atom stereocenters. The Balaban J connectivity index is 1.76. The fraction of sp³-hybridized carbons (Fsp3) is 0.200. The number of rotatable bonds is 4. The Bertz CT molecular complexity index is 875. The third kappa shape index (κ3) is 3.22. The minimum Gasteiger partial charge on any atom is -0.348 e. The molecule has 26 heavy (non-hydrogen) atoms. The molecular weight excluding hydrogens is 371 g/mol. The topological polar surface area (TPSA) is 49.4 Å². The van der Waals surface area contributed by atoms with Crippen LogP contribution in [0.2, 0.25) is 10.0 Å². The summed E-state index contributed by atoms with van der Waals surface area (Å²) < 4.78 is 0. The maximum atomic E-state index is 12.7. The molecule has 0 radical (unpaired) electrons. The van der Waals surface area contributed by atoms with Crippen LogP contribution in [0.1, 0.15) is 41.4 Å². The number of carbonyl (C=O) groups is 2. The molecule has 1 N–H and O–H groups in total. The molecule has 0 fully saturated rings. The lowest BCUT2D eigenvalue weighted by molar-refractivity contribution is -0.124. The van der Waals surface area contributed by atoms with E-state index in [-0.39, 0.29) is 17.9 Å². The first kappa shape index (κ1) is 18.5. The number of amides is 2. The Morgan fingerprint density at radius 2 is 1.77 bits per heavy atom. The highest BCUT2D eigenvalue weighted by Crippen LogP contribution is 2.33. The standard InChI is InChI=1S/C20H18Cl2N2O2/c1-11(15-9-8-14(21)10-18(15)22)23-19(25)13(3)24-12(2)16-6-4-5-7-17(16)20(24)26/h4-11,13H,2H2,1,3H3,(H,23,25). The van der Waals surface area contributed by atoms with Gasteiger partial charge in [0.25, 0.3) is 5.91 Å². The van der Waals surface area contributed by atoms with E-state index in [0.717, 1.165) is 11.1 Å². The monoisotopic (exact) mass is 388 g/mol. The Kier molecular flexibility index (Phi) is 5.08. The first-order valence-electron chi connectivity index (χ1n) is 8.18. The van der Waals surface area contributed by atoms with Gasteiger partial charge in [0, 0.05) is 26.9 Å². The van der Waals surface area contributed by atoms with Gasteiger partial charge in [-0.1, -0.05) is 54.0 Å². The highest BCUT2D eigenvalue weighted by molar-refractivity contribution is 6.35. The van der Waals surface area contributed by atoms with Gasteiger partial charge in [0.15, 0.2) is 0 Å². The Morgan fingerprint density at radius 3 is 2.38 bits per heavy atom. The SMILES string of the molecule is C=C1c2ccccc2C(=O)N1C(C)C(=O)NC(C)c1ccc(Cl)cc1Cl. The molecule has 4 nitrogen and oxygen atoms in total. The third-order valence-corrected chi connectivity index (χ3v) is 5.09. The van der Waals surface area contributed by atoms with Gasteiger partial charge < -0.3 is 5.32 Å². The van der Waals surface area contributed by atoms with Crippen LogP contribution in [0.25, 0.3) is 5.70 Å². The molecule has 0 aromatic heterocycles. The summed E-state index contributed by atoms with van der Waals surface area (Å²) in [6.45, 7) is 7.49. The van der Waals surface area contributed by atoms with Crippen molar-refractivity contribution in [1.29, 1.82) is 0 Å². The highest BCUT2D eigenvalue weighted by atomic mass is 35.5. The molecule has 134 valence electrons. The lowest BCUT2D eigenvalue weighted by Gasteiger charge is -2.26. The number of nitrogens with zero attached hydrogens (tertiary/aromatic N) is 1. The number of fused-ring (bicyclic) bond motifs is 1. The number of nitrogens with one attached hydrogen (secondary N) is 1. The predicted molar refractivity (Wildman–Crippen MR) is 104 cm³/mol. The quantitative estimate of drug-likeness (QED) is 0.825. The first-order chi connectivity index (χ1) is 12.3. The maximum Gasteiger partial charge on any atom is 0.259 e. The Labute approximate surface area is 162 Å². The normalized spacial score (nSPS) is 15.6. The summed E-state index contributed by atoms with van der Waals surface area (Å²) in [5.41, 5.74) is 2.61. The van der Waals surface area contributed by atoms with Crippen molar-refractivity contribution in [3.8, 4) is 0 Å². The van der Waals surface area contributed by atoms with Crippen LogP contribution in [0, 0.1) is 0 Å². The molecule has 0 aliphatic carbocycles. The molecule has 2 aromatic rings. The molecule has 2 aromatic carbocycles. The minimum atomic E-state index is -0.698. The van der Waals surface area contributed by atoms with Gasteiger partial charge in [0.05, 0.1) is 6.04 Å². The molecule has 1 heterocycles. The average molecular weight is 389 g/mol. The van der Waals surface area contributed by atoms with Gasteiger partial charge in [0.2, 0.25) is 5.91 Å². The van der Waals surface area contributed by atoms with E-state index in [1.807, 2.05) is 19.1 Å². The van der Waals surface area contributed by atoms with Crippen LogP contribution in [0.15, 0.2) is 49.0 Å². The number of benzene rings is 2. The van der Waals surface area contributed by atoms with E-state index in [0.29, 0.717) is 21.3 Å². The zero-order valence-electron chi connectivity index (χ0n) is 14.4. The van der Waals surface area contributed by atoms with E-state index in [1.54, 1.807) is 37.3 Å². The van der Waals surface area contributed by atoms with E-state index >= 15 is 0 Å². The predicted octanol–water partition coefficient (Wildman–Crippen LogP) is 4.69. The van der Waals surface area contributed by atoms with Crippen LogP contribution in [0.3, 0.4) is 0 Å². The maximum absolute atomic E-state index is 12.7. The van der Waals surface area contributed by atoms with Gasteiger partial charge in [-0.3, -0.25) is 14.5 Å². The fourth-order valence-electron chi connectivity index (χ4n) is 3.09. The van der Waals surface area contributed by atoms with E-state index in [2.05, 4.69) is 11.9 Å². The molecule has 0 saturated heterocycles. The zero-order chi connectivity index (χ0) is 19.0. The second kappa shape index (κ2) is 7.14. The molecule has 6 heteroatoms. The van der Waals surface area contributed by atoms with Gasteiger partial charge in [-0.2, -0.15) is 0 Å². The molecule has 3 rings (SSSR count). The highest BCUT2D eigenvalue weighted by Gasteiger charge is 2.37. The van der Waals surface area contributed by atoms with Gasteiger partial charge in [-0.15, -0.1) is 0 Å². The van der Waals surface area contributed by atoms with Crippen molar-refractivity contribution < 1.29 is 9.59 Å². The van der Waals surface area contributed by atoms with Crippen molar-refractivity contribution in [2.24, 2.45) is 0 Å². The summed E-state index contributed by atoms with van der Waals surface area (Å²) in [7, 11) is 0. The number of hydrogen-bond acceptors (Lipinski definition) is 2. The fourth-order valence-corrected chi connectivity index (χ4v) is 3.67. The molecule has 1 aliphatic heterocycles. The van der Waals surface area contributed by atoms with Crippen LogP contribution < -0.4 is 5.32 Å². The Morgan fingerprint density at radius 1 is 1.12 bits per heavy atom. The minimum absolute atomic E-state index is 0.217. The number of halogens is 2. The van der Waals surface area contributed by atoms with Crippen LogP contribution in [0.5, 0.6) is 0 Å². The van der Waals surface area contributed by atoms with Gasteiger partial charge in [-0.05, 0) is 37.6 Å². The second-order valence-corrected chi connectivity index (χ2v) is 7.08. The molecule has 2 amide bonds. The summed E-state index contributed by atoms with van der Waals surface area (Å²) >= 11 is 12.1. The van der Waals surface area contributed by atoms with Crippen molar-refractivity contribution >= 4 is 40.7 Å². The van der Waals surface area contributed by atoms with Crippen molar-refractivity contribution in [2.75, 3.05) is 0 Å². The summed E-state index contributed by atoms with van der Waals surface area (Å²) in [6, 6.07) is 11.3. The molecular formula is C20H18Cl2N2O2. The zero-order valence-corrected chi connectivity index (χ0v) is 15.9. The van der Waals surface area contributed by atoms with Crippen LogP contribution in [-0.4, -0.2) is 22.8 Å². The van der Waals surface area contributed by atoms with E-state index in [9.17, 15) is 9.59 Å². The van der Waals surface area contributed by atoms with Crippen molar-refractivity contribution in [3.63, 3.8) is 0 Å². The molecule has 0 saturated carbocycles. The van der Waals surface area contributed by atoms with Crippen molar-refractivity contribution in [2.45, 2.75) is 25.9 Å². The van der Waals surface area contributed by atoms with E-state index in [1.165, 1.54) is 4.90 Å². The lowest BCUT2D eigenvalue weighted by atomic mass is 10.1. The van der Waals surface area contributed by atoms with E-state index < -0.39 is 6.04 Å². The van der Waals surface area contributed by atoms with Gasteiger partial charge in [0.1, 0.15) is 6.04 Å². The molecule has 0 spiro atoms. The van der Waals surface area contributed by atoms with Crippen molar-refractivity contribution in [3.05, 3.63) is 75.8 Å². The van der Waals surface area contributed by atoms with Gasteiger partial charge >= 0.3 is 0 Å². The lowest BCUT2D eigenvalue weighted by Crippen LogP contribution is -2.45. The molecule has 1 aliphatic rings. The molecule has 0 bridgehead atoms. The largest absolute Gasteiger partial charge is 0.348 e. The number of carbonyl (C=O) groups excluding carboxylic acids is 2. The molecule has 2 unspecified atom stereocenters. The summed E-state index contributed by atoms with van der Waals surface area (Å²) in [4.78, 5) is 26.8. The third-order valence-electron chi connectivity index (χ3n) is 4.53. The van der Waals surface area contributed by atoms with Gasteiger partial charge in [-0.25, -0.2) is 0 Å². The smallest absolute Gasteiger partial charge is 0.259 e. The Hall–Kier alpha value is -2.30. The van der Waals surface area contributed by atoms with Crippen LogP contribution in [-0.2, 0) is 4.79 Å². The van der Waals surface area contributed by atoms with Crippen LogP contribution in [0.4, 0.5) is 0 Å². The summed E-state index contributed by atoms with van der Waals surface area (Å²) in [5, 5.41) is 3.91. The number of hydrogen-bond donors (Lipinski definition) is 1. The summed E-state index contributed by atoms with van der Waals surface area (Å²) in [5.74, 6) is -0.503. The first-order valence-corrected chi connectivity index (χ1v) is 8.94. The van der Waals surface area contributed by atoms with Crippen LogP contribution >= 0.6 is 23.2 Å². The average Bonchev–Trinajstić information content (AvgIpc) is 2.85. The van der Waals surface area contributed by atoms with E-state index in [4.69, 9.17) is 23.2 Å². The summed E-state index contributed by atoms with van der Waals surface area (Å²) in [6.07, 6.45) is 0.